The van der Waals surface area contributed by atoms with E-state index in [1.165, 1.54) is 19.9 Å². The van der Waals surface area contributed by atoms with Gasteiger partial charge < -0.3 is 15.1 Å². The Bertz CT molecular complexity index is 721. The third kappa shape index (κ3) is 3.97. The quantitative estimate of drug-likeness (QED) is 0.679. The number of aryl methyl sites for hydroxylation is 1. The predicted molar refractivity (Wildman–Crippen MR) is 83.2 cm³/mol. The lowest BCUT2D eigenvalue weighted by atomic mass is 10.1. The number of halogens is 1. The Kier molecular flexibility index (Phi) is 4.54. The molecule has 6 heteroatoms. The lowest BCUT2D eigenvalue weighted by Gasteiger charge is -2.17. The second-order valence-corrected chi connectivity index (χ2v) is 5.90. The number of carbonyl (C=O) groups is 1. The van der Waals surface area contributed by atoms with Crippen molar-refractivity contribution in [2.75, 3.05) is 6.61 Å². The van der Waals surface area contributed by atoms with Crippen LogP contribution in [0.3, 0.4) is 0 Å². The fraction of sp³-hybridized carbons (Fsp3) is 0.294. The smallest absolute Gasteiger partial charge is 0.402 e. The van der Waals surface area contributed by atoms with Crippen LogP contribution in [0.15, 0.2) is 36.4 Å². The minimum atomic E-state index is -1.58. The van der Waals surface area contributed by atoms with Gasteiger partial charge in [0.2, 0.25) is 0 Å². The van der Waals surface area contributed by atoms with Crippen molar-refractivity contribution < 1.29 is 23.8 Å². The minimum absolute atomic E-state index is 0.0501. The fourth-order valence-corrected chi connectivity index (χ4v) is 2.02. The maximum atomic E-state index is 13.7. The maximum absolute atomic E-state index is 13.7. The molecule has 0 aliphatic rings. The van der Waals surface area contributed by atoms with Crippen LogP contribution >= 0.6 is 0 Å². The topological polar surface area (TPSA) is 73.5 Å². The van der Waals surface area contributed by atoms with Gasteiger partial charge >= 0.3 is 11.7 Å². The molecule has 0 fully saturated rings. The Morgan fingerprint density at radius 1 is 1.26 bits per heavy atom. The molecule has 0 bridgehead atoms. The van der Waals surface area contributed by atoms with Gasteiger partial charge in [0, 0.05) is 6.07 Å². The molecule has 0 saturated heterocycles. The second-order valence-electron chi connectivity index (χ2n) is 5.90. The normalized spacial score (nSPS) is 11.3. The zero-order valence-corrected chi connectivity index (χ0v) is 13.2. The van der Waals surface area contributed by atoms with Crippen molar-refractivity contribution in [3.05, 3.63) is 52.9 Å². The van der Waals surface area contributed by atoms with Gasteiger partial charge in [-0.2, -0.15) is 4.73 Å². The molecule has 23 heavy (non-hydrogen) atoms. The summed E-state index contributed by atoms with van der Waals surface area (Å²) >= 11 is 0. The van der Waals surface area contributed by atoms with Crippen molar-refractivity contribution >= 4 is 5.97 Å². The molecule has 5 nitrogen and oxygen atoms in total. The highest BCUT2D eigenvalue weighted by molar-refractivity contribution is 5.84. The Hall–Kier alpha value is -2.63. The van der Waals surface area contributed by atoms with Crippen LogP contribution in [-0.4, -0.2) is 23.4 Å². The van der Waals surface area contributed by atoms with Crippen molar-refractivity contribution in [1.82, 2.24) is 0 Å². The van der Waals surface area contributed by atoms with E-state index in [9.17, 15) is 14.4 Å². The number of nitrogens with zero attached hydrogens (tertiary/aromatic N) is 1. The Balaban J connectivity index is 2.55. The van der Waals surface area contributed by atoms with Crippen LogP contribution in [0.25, 0.3) is 11.3 Å². The number of carboxylic acids is 1. The number of pyridine rings is 1. The number of aromatic nitrogens is 1. The Labute approximate surface area is 133 Å². The molecule has 0 spiro atoms. The number of rotatable bonds is 5. The molecule has 0 aliphatic carbocycles. The summed E-state index contributed by atoms with van der Waals surface area (Å²) < 4.78 is 19.4. The molecule has 0 atom stereocenters. The first-order valence-corrected chi connectivity index (χ1v) is 7.07. The number of carboxylic acid groups (broad SMARTS) is 1. The van der Waals surface area contributed by atoms with Crippen molar-refractivity contribution in [3.63, 3.8) is 0 Å². The summed E-state index contributed by atoms with van der Waals surface area (Å²) in [6, 6.07) is 9.50. The van der Waals surface area contributed by atoms with E-state index >= 15 is 0 Å². The molecule has 0 saturated carbocycles. The molecule has 1 heterocycles. The van der Waals surface area contributed by atoms with E-state index in [1.54, 1.807) is 24.3 Å². The molecule has 2 rings (SSSR count). The van der Waals surface area contributed by atoms with E-state index in [-0.39, 0.29) is 18.1 Å². The molecule has 0 radical (unpaired) electrons. The van der Waals surface area contributed by atoms with Crippen molar-refractivity contribution in [3.8, 4) is 17.0 Å². The van der Waals surface area contributed by atoms with Crippen molar-refractivity contribution in [2.45, 2.75) is 26.4 Å². The van der Waals surface area contributed by atoms with E-state index in [0.717, 1.165) is 11.6 Å². The van der Waals surface area contributed by atoms with Crippen LogP contribution in [0.1, 0.15) is 29.9 Å². The van der Waals surface area contributed by atoms with E-state index in [1.807, 2.05) is 6.92 Å². The summed E-state index contributed by atoms with van der Waals surface area (Å²) in [7, 11) is 0. The lowest BCUT2D eigenvalue weighted by Crippen LogP contribution is -2.37. The number of hydrogen-bond donors (Lipinski definition) is 1. The first kappa shape index (κ1) is 16.7. The standard InChI is InChI=1S/C17H18FNO4/c1-11-4-6-12(7-5-11)15-14(23-10-17(2,3)18)9-8-13(16(20)21)19(15)22/h4-9H,10H2,1-3H3,(H,20,21). The van der Waals surface area contributed by atoms with Gasteiger partial charge in [0.05, 0.1) is 5.56 Å². The molecule has 0 unspecified atom stereocenters. The van der Waals surface area contributed by atoms with Gasteiger partial charge in [-0.05, 0) is 39.0 Å². The first-order valence-electron chi connectivity index (χ1n) is 7.07. The van der Waals surface area contributed by atoms with Gasteiger partial charge in [-0.25, -0.2) is 9.18 Å². The number of aromatic carboxylic acids is 1. The van der Waals surface area contributed by atoms with E-state index in [2.05, 4.69) is 0 Å². The highest BCUT2D eigenvalue weighted by Crippen LogP contribution is 2.28. The van der Waals surface area contributed by atoms with Crippen LogP contribution in [0.4, 0.5) is 4.39 Å². The first-order chi connectivity index (χ1) is 10.7. The van der Waals surface area contributed by atoms with Crippen LogP contribution in [0.5, 0.6) is 5.75 Å². The van der Waals surface area contributed by atoms with E-state index in [0.29, 0.717) is 10.3 Å². The summed E-state index contributed by atoms with van der Waals surface area (Å²) in [5.74, 6) is -1.20. The Morgan fingerprint density at radius 2 is 1.87 bits per heavy atom. The molecular weight excluding hydrogens is 301 g/mol. The minimum Gasteiger partial charge on any atom is -0.618 e. The summed E-state index contributed by atoms with van der Waals surface area (Å²) in [5, 5.41) is 21.5. The summed E-state index contributed by atoms with van der Waals surface area (Å²) in [4.78, 5) is 11.2. The third-order valence-electron chi connectivity index (χ3n) is 3.16. The van der Waals surface area contributed by atoms with Crippen LogP contribution in [0, 0.1) is 12.1 Å². The molecule has 1 aromatic heterocycles. The summed E-state index contributed by atoms with van der Waals surface area (Å²) in [6.45, 7) is 4.36. The number of ether oxygens (including phenoxy) is 1. The highest BCUT2D eigenvalue weighted by Gasteiger charge is 2.26. The van der Waals surface area contributed by atoms with E-state index < -0.39 is 17.3 Å². The maximum Gasteiger partial charge on any atom is 0.402 e. The van der Waals surface area contributed by atoms with E-state index in [4.69, 9.17) is 9.84 Å². The van der Waals surface area contributed by atoms with Crippen molar-refractivity contribution in [2.24, 2.45) is 0 Å². The van der Waals surface area contributed by atoms with Gasteiger partial charge in [0.1, 0.15) is 12.3 Å². The monoisotopic (exact) mass is 319 g/mol. The molecule has 1 N–H and O–H groups in total. The largest absolute Gasteiger partial charge is 0.618 e. The molecule has 122 valence electrons. The van der Waals surface area contributed by atoms with Gasteiger partial charge in [-0.1, -0.05) is 17.7 Å². The van der Waals surface area contributed by atoms with Crippen LogP contribution < -0.4 is 9.47 Å². The third-order valence-corrected chi connectivity index (χ3v) is 3.16. The van der Waals surface area contributed by atoms with Gasteiger partial charge in [0.25, 0.3) is 5.69 Å². The molecule has 0 amide bonds. The molecule has 0 aliphatic heterocycles. The average molecular weight is 319 g/mol. The molecule has 1 aromatic carbocycles. The van der Waals surface area contributed by atoms with Crippen LogP contribution in [-0.2, 0) is 0 Å². The predicted octanol–water partition coefficient (Wildman–Crippen LogP) is 3.12. The lowest BCUT2D eigenvalue weighted by molar-refractivity contribution is -0.597. The van der Waals surface area contributed by atoms with Gasteiger partial charge in [-0.3, -0.25) is 0 Å². The second kappa shape index (κ2) is 6.24. The number of alkyl halides is 1. The fourth-order valence-electron chi connectivity index (χ4n) is 2.02. The van der Waals surface area contributed by atoms with Gasteiger partial charge in [0.15, 0.2) is 5.75 Å². The summed E-state index contributed by atoms with van der Waals surface area (Å²) in [5.41, 5.74) is -0.459. The highest BCUT2D eigenvalue weighted by atomic mass is 19.1. The van der Waals surface area contributed by atoms with Crippen LogP contribution in [0.2, 0.25) is 0 Å². The summed E-state index contributed by atoms with van der Waals surface area (Å²) in [6.07, 6.45) is 0. The SMILES string of the molecule is Cc1ccc(-c2c(OCC(C)(C)F)ccc(C(=O)O)[n+]2[O-])cc1. The zero-order valence-electron chi connectivity index (χ0n) is 13.2. The zero-order chi connectivity index (χ0) is 17.2. The number of hydrogen-bond acceptors (Lipinski definition) is 3. The molecular formula is C17H18FNO4. The number of benzene rings is 1. The van der Waals surface area contributed by atoms with Gasteiger partial charge in [-0.15, -0.1) is 0 Å². The van der Waals surface area contributed by atoms with Crippen molar-refractivity contribution in [1.29, 1.82) is 0 Å². The average Bonchev–Trinajstić information content (AvgIpc) is 2.45. The molecule has 2 aromatic rings. The Morgan fingerprint density at radius 3 is 2.39 bits per heavy atom.